The predicted molar refractivity (Wildman–Crippen MR) is 61.0 cm³/mol. The van der Waals surface area contributed by atoms with Gasteiger partial charge in [0.1, 0.15) is 10.7 Å². The summed E-state index contributed by atoms with van der Waals surface area (Å²) < 4.78 is 38.6. The molecule has 0 heterocycles. The molecule has 0 unspecified atom stereocenters. The van der Waals surface area contributed by atoms with E-state index in [0.29, 0.717) is 0 Å². The van der Waals surface area contributed by atoms with Gasteiger partial charge < -0.3 is 0 Å². The van der Waals surface area contributed by atoms with Crippen molar-refractivity contribution in [3.05, 3.63) is 42.7 Å². The minimum atomic E-state index is -3.76. The zero-order valence-electron chi connectivity index (χ0n) is 9.06. The Morgan fingerprint density at radius 2 is 2.06 bits per heavy atom. The second-order valence-electron chi connectivity index (χ2n) is 3.17. The number of nitrogens with zero attached hydrogens (tertiary/aromatic N) is 1. The predicted octanol–water partition coefficient (Wildman–Crippen LogP) is 2.02. The van der Waals surface area contributed by atoms with Crippen molar-refractivity contribution in [2.24, 2.45) is 0 Å². The summed E-state index contributed by atoms with van der Waals surface area (Å²) in [6.07, 6.45) is 1.47. The van der Waals surface area contributed by atoms with Crippen molar-refractivity contribution in [3.63, 3.8) is 0 Å². The minimum Gasteiger partial charge on any atom is -0.207 e. The Hall–Kier alpha value is -1.20. The maximum Gasteiger partial charge on any atom is 0.246 e. The van der Waals surface area contributed by atoms with Crippen LogP contribution in [0.15, 0.2) is 41.8 Å². The second-order valence-corrected chi connectivity index (χ2v) is 5.08. The molecule has 5 heteroatoms. The van der Waals surface area contributed by atoms with Crippen molar-refractivity contribution in [2.45, 2.75) is 11.8 Å². The summed E-state index contributed by atoms with van der Waals surface area (Å²) in [5.74, 6) is -0.731. The van der Waals surface area contributed by atoms with E-state index >= 15 is 0 Å². The van der Waals surface area contributed by atoms with Gasteiger partial charge in [-0.05, 0) is 12.1 Å². The summed E-state index contributed by atoms with van der Waals surface area (Å²) in [6.45, 7) is 5.63. The highest BCUT2D eigenvalue weighted by Gasteiger charge is 2.24. The normalized spacial score (nSPS) is 11.7. The third-order valence-electron chi connectivity index (χ3n) is 2.14. The van der Waals surface area contributed by atoms with Crippen LogP contribution in [-0.4, -0.2) is 25.8 Å². The average Bonchev–Trinajstić information content (AvgIpc) is 2.26. The van der Waals surface area contributed by atoms with Crippen LogP contribution in [-0.2, 0) is 10.0 Å². The fourth-order valence-corrected chi connectivity index (χ4v) is 2.82. The van der Waals surface area contributed by atoms with E-state index in [0.717, 1.165) is 6.07 Å². The van der Waals surface area contributed by atoms with Gasteiger partial charge >= 0.3 is 0 Å². The van der Waals surface area contributed by atoms with Crippen molar-refractivity contribution >= 4 is 10.0 Å². The fourth-order valence-electron chi connectivity index (χ4n) is 1.33. The van der Waals surface area contributed by atoms with E-state index < -0.39 is 15.8 Å². The molecule has 0 aromatic heterocycles. The van der Waals surface area contributed by atoms with Gasteiger partial charge in [-0.2, -0.15) is 4.31 Å². The number of hydrogen-bond donors (Lipinski definition) is 0. The summed E-state index contributed by atoms with van der Waals surface area (Å²) in [7, 11) is -3.76. The Morgan fingerprint density at radius 1 is 1.44 bits per heavy atom. The first-order valence-corrected chi connectivity index (χ1v) is 6.33. The molecule has 0 bridgehead atoms. The Balaban J connectivity index is 3.20. The number of sulfonamides is 1. The highest BCUT2D eigenvalue weighted by atomic mass is 32.2. The van der Waals surface area contributed by atoms with E-state index in [1.807, 2.05) is 0 Å². The van der Waals surface area contributed by atoms with Gasteiger partial charge in [-0.1, -0.05) is 25.1 Å². The molecular weight excluding hydrogens is 229 g/mol. The summed E-state index contributed by atoms with van der Waals surface area (Å²) in [5.41, 5.74) is 0. The van der Waals surface area contributed by atoms with E-state index in [-0.39, 0.29) is 18.0 Å². The highest BCUT2D eigenvalue weighted by molar-refractivity contribution is 7.89. The van der Waals surface area contributed by atoms with Crippen LogP contribution in [0.4, 0.5) is 4.39 Å². The molecule has 0 amide bonds. The van der Waals surface area contributed by atoms with Gasteiger partial charge in [-0.3, -0.25) is 0 Å². The molecule has 0 aliphatic heterocycles. The summed E-state index contributed by atoms with van der Waals surface area (Å²) in [4.78, 5) is -0.293. The second kappa shape index (κ2) is 5.23. The largest absolute Gasteiger partial charge is 0.246 e. The van der Waals surface area contributed by atoms with Crippen LogP contribution in [0.2, 0.25) is 0 Å². The summed E-state index contributed by atoms with van der Waals surface area (Å²) in [6, 6.07) is 5.35. The van der Waals surface area contributed by atoms with E-state index in [9.17, 15) is 12.8 Å². The van der Waals surface area contributed by atoms with Gasteiger partial charge in [0.05, 0.1) is 0 Å². The first kappa shape index (κ1) is 12.9. The quantitative estimate of drug-likeness (QED) is 0.742. The zero-order chi connectivity index (χ0) is 12.2. The van der Waals surface area contributed by atoms with E-state index in [4.69, 9.17) is 0 Å². The van der Waals surface area contributed by atoms with Gasteiger partial charge in [0.15, 0.2) is 0 Å². The van der Waals surface area contributed by atoms with Crippen molar-refractivity contribution in [3.8, 4) is 0 Å². The molecule has 0 aliphatic carbocycles. The van der Waals surface area contributed by atoms with Gasteiger partial charge in [0.2, 0.25) is 10.0 Å². The SMILES string of the molecule is C=CCN(CC)S(=O)(=O)c1ccccc1F. The summed E-state index contributed by atoms with van der Waals surface area (Å²) in [5, 5.41) is 0. The molecule has 0 aliphatic rings. The van der Waals surface area contributed by atoms with Crippen LogP contribution in [0.5, 0.6) is 0 Å². The topological polar surface area (TPSA) is 37.4 Å². The van der Waals surface area contributed by atoms with E-state index in [1.165, 1.54) is 28.6 Å². The third-order valence-corrected chi connectivity index (χ3v) is 4.11. The van der Waals surface area contributed by atoms with Crippen LogP contribution in [0.25, 0.3) is 0 Å². The lowest BCUT2D eigenvalue weighted by Crippen LogP contribution is -2.31. The molecule has 0 fully saturated rings. The molecule has 0 radical (unpaired) electrons. The van der Waals surface area contributed by atoms with Gasteiger partial charge in [0, 0.05) is 13.1 Å². The maximum absolute atomic E-state index is 13.4. The molecule has 0 saturated carbocycles. The maximum atomic E-state index is 13.4. The minimum absolute atomic E-state index is 0.174. The number of likely N-dealkylation sites (N-methyl/N-ethyl adjacent to an activating group) is 1. The fraction of sp³-hybridized carbons (Fsp3) is 0.273. The monoisotopic (exact) mass is 243 g/mol. The number of rotatable bonds is 5. The molecular formula is C11H14FNO2S. The first-order valence-electron chi connectivity index (χ1n) is 4.89. The van der Waals surface area contributed by atoms with Gasteiger partial charge in [0.25, 0.3) is 0 Å². The Bertz CT molecular complexity index is 471. The molecule has 3 nitrogen and oxygen atoms in total. The van der Waals surface area contributed by atoms with Crippen molar-refractivity contribution < 1.29 is 12.8 Å². The van der Waals surface area contributed by atoms with Gasteiger partial charge in [-0.25, -0.2) is 12.8 Å². The number of hydrogen-bond acceptors (Lipinski definition) is 2. The molecule has 0 N–H and O–H groups in total. The third kappa shape index (κ3) is 2.48. The van der Waals surface area contributed by atoms with Crippen molar-refractivity contribution in [2.75, 3.05) is 13.1 Å². The molecule has 88 valence electrons. The highest BCUT2D eigenvalue weighted by Crippen LogP contribution is 2.18. The Labute approximate surface area is 95.3 Å². The van der Waals surface area contributed by atoms with Crippen LogP contribution >= 0.6 is 0 Å². The molecule has 1 aromatic rings. The zero-order valence-corrected chi connectivity index (χ0v) is 9.87. The lowest BCUT2D eigenvalue weighted by Gasteiger charge is -2.18. The first-order chi connectivity index (χ1) is 7.54. The molecule has 0 spiro atoms. The van der Waals surface area contributed by atoms with E-state index in [1.54, 1.807) is 6.92 Å². The lowest BCUT2D eigenvalue weighted by atomic mass is 10.4. The Kier molecular flexibility index (Phi) is 4.20. The molecule has 0 saturated heterocycles. The molecule has 1 aromatic carbocycles. The molecule has 1 rings (SSSR count). The average molecular weight is 243 g/mol. The van der Waals surface area contributed by atoms with E-state index in [2.05, 4.69) is 6.58 Å². The Morgan fingerprint density at radius 3 is 2.56 bits per heavy atom. The smallest absolute Gasteiger partial charge is 0.207 e. The van der Waals surface area contributed by atoms with Crippen LogP contribution in [0.3, 0.4) is 0 Å². The number of halogens is 1. The summed E-state index contributed by atoms with van der Waals surface area (Å²) >= 11 is 0. The number of benzene rings is 1. The van der Waals surface area contributed by atoms with Crippen molar-refractivity contribution in [1.29, 1.82) is 0 Å². The van der Waals surface area contributed by atoms with Crippen LogP contribution in [0, 0.1) is 5.82 Å². The van der Waals surface area contributed by atoms with Crippen LogP contribution in [0.1, 0.15) is 6.92 Å². The molecule has 0 atom stereocenters. The standard InChI is InChI=1S/C11H14FNO2S/c1-3-9-13(4-2)16(14,15)11-8-6-5-7-10(11)12/h3,5-8H,1,4,9H2,2H3. The van der Waals surface area contributed by atoms with Crippen LogP contribution < -0.4 is 0 Å². The van der Waals surface area contributed by atoms with Gasteiger partial charge in [-0.15, -0.1) is 6.58 Å². The van der Waals surface area contributed by atoms with Crippen molar-refractivity contribution in [1.82, 2.24) is 4.31 Å². The molecule has 16 heavy (non-hydrogen) atoms. The lowest BCUT2D eigenvalue weighted by molar-refractivity contribution is 0.453.